The van der Waals surface area contributed by atoms with Crippen molar-refractivity contribution in [2.75, 3.05) is 13.1 Å². The number of phenolic OH excluding ortho intramolecular Hbond substituents is 1. The Morgan fingerprint density at radius 2 is 1.70 bits per heavy atom. The van der Waals surface area contributed by atoms with Gasteiger partial charge in [0.2, 0.25) is 0 Å². The molecule has 1 N–H and O–H groups in total. The third kappa shape index (κ3) is 3.78. The molecular formula is C27H28ClNO. The van der Waals surface area contributed by atoms with E-state index in [0.717, 1.165) is 32.4 Å². The first-order valence-corrected chi connectivity index (χ1v) is 10.6. The van der Waals surface area contributed by atoms with E-state index in [0.29, 0.717) is 11.8 Å². The van der Waals surface area contributed by atoms with E-state index in [-0.39, 0.29) is 17.8 Å². The Morgan fingerprint density at radius 3 is 2.47 bits per heavy atom. The number of hydrogen-bond acceptors (Lipinski definition) is 2. The first kappa shape index (κ1) is 20.7. The lowest BCUT2D eigenvalue weighted by atomic mass is 9.60. The zero-order valence-electron chi connectivity index (χ0n) is 17.1. The molecule has 0 aromatic heterocycles. The van der Waals surface area contributed by atoms with Crippen LogP contribution in [0.25, 0.3) is 6.08 Å². The molecule has 1 heterocycles. The molecule has 3 aromatic carbocycles. The van der Waals surface area contributed by atoms with Gasteiger partial charge in [-0.25, -0.2) is 0 Å². The van der Waals surface area contributed by atoms with Crippen molar-refractivity contribution in [2.45, 2.75) is 30.7 Å². The van der Waals surface area contributed by atoms with Gasteiger partial charge in [-0.3, -0.25) is 4.90 Å². The Labute approximate surface area is 185 Å². The van der Waals surface area contributed by atoms with Gasteiger partial charge in [0.15, 0.2) is 0 Å². The van der Waals surface area contributed by atoms with Crippen LogP contribution in [0.5, 0.6) is 5.75 Å². The number of nitrogens with zero attached hydrogens (tertiary/aromatic N) is 1. The number of halogens is 1. The van der Waals surface area contributed by atoms with Crippen LogP contribution in [0, 0.1) is 0 Å². The lowest BCUT2D eigenvalue weighted by Crippen LogP contribution is -2.53. The predicted octanol–water partition coefficient (Wildman–Crippen LogP) is 5.83. The van der Waals surface area contributed by atoms with Gasteiger partial charge in [0.25, 0.3) is 0 Å². The molecule has 2 aliphatic rings. The van der Waals surface area contributed by atoms with Gasteiger partial charge in [-0.05, 0) is 60.2 Å². The third-order valence-electron chi connectivity index (χ3n) is 6.77. The van der Waals surface area contributed by atoms with Gasteiger partial charge in [0.1, 0.15) is 5.75 Å². The summed E-state index contributed by atoms with van der Waals surface area (Å²) in [6.45, 7) is 2.06. The molecule has 0 spiro atoms. The molecule has 2 nitrogen and oxygen atoms in total. The highest BCUT2D eigenvalue weighted by atomic mass is 35.5. The lowest BCUT2D eigenvalue weighted by Gasteiger charge is -2.51. The first-order valence-electron chi connectivity index (χ1n) is 10.6. The zero-order valence-corrected chi connectivity index (χ0v) is 17.9. The Bertz CT molecular complexity index is 1020. The van der Waals surface area contributed by atoms with Gasteiger partial charge >= 0.3 is 0 Å². The van der Waals surface area contributed by atoms with Crippen LogP contribution in [-0.4, -0.2) is 29.1 Å². The average molecular weight is 418 g/mol. The van der Waals surface area contributed by atoms with Crippen LogP contribution in [0.3, 0.4) is 0 Å². The summed E-state index contributed by atoms with van der Waals surface area (Å²) < 4.78 is 0. The van der Waals surface area contributed by atoms with Crippen LogP contribution in [0.4, 0.5) is 0 Å². The SMILES string of the molecule is Cl.Oc1ccc2c(c1)C1(c3ccccc3)CCN(C/C=C/c3ccccc3)C(C2)C1. The van der Waals surface area contributed by atoms with Gasteiger partial charge < -0.3 is 5.11 Å². The summed E-state index contributed by atoms with van der Waals surface area (Å²) in [7, 11) is 0. The van der Waals surface area contributed by atoms with Gasteiger partial charge in [-0.15, -0.1) is 12.4 Å². The summed E-state index contributed by atoms with van der Waals surface area (Å²) in [4.78, 5) is 2.64. The number of hydrogen-bond donors (Lipinski definition) is 1. The second-order valence-electron chi connectivity index (χ2n) is 8.41. The number of fused-ring (bicyclic) bond motifs is 4. The van der Waals surface area contributed by atoms with Crippen LogP contribution < -0.4 is 0 Å². The fraction of sp³-hybridized carbons (Fsp3) is 0.259. The van der Waals surface area contributed by atoms with Crippen molar-refractivity contribution in [3.63, 3.8) is 0 Å². The summed E-state index contributed by atoms with van der Waals surface area (Å²) in [5.74, 6) is 0.380. The van der Waals surface area contributed by atoms with Crippen molar-refractivity contribution in [2.24, 2.45) is 0 Å². The largest absolute Gasteiger partial charge is 0.508 e. The quantitative estimate of drug-likeness (QED) is 0.576. The number of phenols is 1. The number of rotatable bonds is 4. The van der Waals surface area contributed by atoms with E-state index >= 15 is 0 Å². The third-order valence-corrected chi connectivity index (χ3v) is 6.77. The Hall–Kier alpha value is -2.55. The summed E-state index contributed by atoms with van der Waals surface area (Å²) in [6.07, 6.45) is 7.80. The van der Waals surface area contributed by atoms with E-state index in [4.69, 9.17) is 0 Å². The van der Waals surface area contributed by atoms with Crippen LogP contribution in [0.1, 0.15) is 35.1 Å². The van der Waals surface area contributed by atoms with Gasteiger partial charge in [0, 0.05) is 18.0 Å². The van der Waals surface area contributed by atoms with Crippen molar-refractivity contribution in [1.82, 2.24) is 4.90 Å². The molecule has 3 aromatic rings. The van der Waals surface area contributed by atoms with Crippen molar-refractivity contribution in [3.05, 3.63) is 107 Å². The number of aromatic hydroxyl groups is 1. The number of benzene rings is 3. The molecule has 1 aliphatic heterocycles. The highest BCUT2D eigenvalue weighted by Gasteiger charge is 2.46. The maximum atomic E-state index is 10.2. The van der Waals surface area contributed by atoms with E-state index in [1.807, 2.05) is 12.1 Å². The molecule has 1 fully saturated rings. The second-order valence-corrected chi connectivity index (χ2v) is 8.41. The second kappa shape index (κ2) is 8.67. The summed E-state index contributed by atoms with van der Waals surface area (Å²) in [6, 6.07) is 28.0. The molecule has 2 unspecified atom stereocenters. The van der Waals surface area contributed by atoms with Gasteiger partial charge in [-0.2, -0.15) is 0 Å². The van der Waals surface area contributed by atoms with Crippen LogP contribution in [0.2, 0.25) is 0 Å². The van der Waals surface area contributed by atoms with E-state index in [9.17, 15) is 5.11 Å². The molecule has 30 heavy (non-hydrogen) atoms. The molecule has 2 atom stereocenters. The Kier molecular flexibility index (Phi) is 5.99. The fourth-order valence-electron chi connectivity index (χ4n) is 5.34. The van der Waals surface area contributed by atoms with Crippen molar-refractivity contribution in [3.8, 4) is 5.75 Å². The highest BCUT2D eigenvalue weighted by molar-refractivity contribution is 5.85. The van der Waals surface area contributed by atoms with E-state index < -0.39 is 0 Å². The molecule has 2 bridgehead atoms. The number of likely N-dealkylation sites (tertiary alicyclic amines) is 1. The maximum Gasteiger partial charge on any atom is 0.115 e. The standard InChI is InChI=1S/C27H27NO.ClH/c29-25-14-13-22-18-24-20-27(26(22)19-25,23-11-5-2-6-12-23)15-17-28(24)16-7-10-21-8-3-1-4-9-21;/h1-14,19,24,29H,15-18,20H2;1H/b10-7+;. The molecule has 3 heteroatoms. The van der Waals surface area contributed by atoms with Crippen molar-refractivity contribution >= 4 is 18.5 Å². The van der Waals surface area contributed by atoms with Gasteiger partial charge in [0.05, 0.1) is 0 Å². The van der Waals surface area contributed by atoms with Crippen molar-refractivity contribution in [1.29, 1.82) is 0 Å². The molecule has 5 rings (SSSR count). The summed E-state index contributed by atoms with van der Waals surface area (Å²) >= 11 is 0. The molecular weight excluding hydrogens is 390 g/mol. The molecule has 0 saturated carbocycles. The maximum absolute atomic E-state index is 10.2. The van der Waals surface area contributed by atoms with E-state index in [2.05, 4.69) is 83.8 Å². The Balaban J connectivity index is 0.00000218. The highest BCUT2D eigenvalue weighted by Crippen LogP contribution is 2.49. The minimum Gasteiger partial charge on any atom is -0.508 e. The number of piperidine rings is 1. The average Bonchev–Trinajstić information content (AvgIpc) is 2.77. The molecule has 1 aliphatic carbocycles. The molecule has 1 saturated heterocycles. The van der Waals surface area contributed by atoms with E-state index in [1.165, 1.54) is 22.3 Å². The minimum absolute atomic E-state index is 0. The van der Waals surface area contributed by atoms with Crippen LogP contribution >= 0.6 is 12.4 Å². The lowest BCUT2D eigenvalue weighted by molar-refractivity contribution is 0.108. The summed E-state index contributed by atoms with van der Waals surface area (Å²) in [5.41, 5.74) is 5.38. The van der Waals surface area contributed by atoms with Gasteiger partial charge in [-0.1, -0.05) is 78.9 Å². The topological polar surface area (TPSA) is 23.5 Å². The first-order chi connectivity index (χ1) is 14.2. The normalized spacial score (nSPS) is 23.0. The minimum atomic E-state index is 0. The summed E-state index contributed by atoms with van der Waals surface area (Å²) in [5, 5.41) is 10.2. The molecule has 154 valence electrons. The zero-order chi connectivity index (χ0) is 19.7. The molecule has 0 amide bonds. The predicted molar refractivity (Wildman–Crippen MR) is 126 cm³/mol. The Morgan fingerprint density at radius 1 is 0.967 bits per heavy atom. The van der Waals surface area contributed by atoms with E-state index in [1.54, 1.807) is 0 Å². The fourth-order valence-corrected chi connectivity index (χ4v) is 5.34. The monoisotopic (exact) mass is 417 g/mol. The smallest absolute Gasteiger partial charge is 0.115 e. The molecule has 0 radical (unpaired) electrons. The van der Waals surface area contributed by atoms with Crippen molar-refractivity contribution < 1.29 is 5.11 Å². The van der Waals surface area contributed by atoms with Crippen LogP contribution in [0.15, 0.2) is 84.9 Å². The van der Waals surface area contributed by atoms with Crippen LogP contribution in [-0.2, 0) is 11.8 Å².